The lowest BCUT2D eigenvalue weighted by Crippen LogP contribution is -2.34. The zero-order chi connectivity index (χ0) is 21.1. The molecule has 3 aromatic rings. The van der Waals surface area contributed by atoms with Gasteiger partial charge in [0.1, 0.15) is 11.6 Å². The second-order valence-electron chi connectivity index (χ2n) is 6.90. The molecule has 2 amide bonds. The zero-order valence-electron chi connectivity index (χ0n) is 16.6. The van der Waals surface area contributed by atoms with Gasteiger partial charge in [-0.25, -0.2) is 0 Å². The van der Waals surface area contributed by atoms with E-state index in [2.05, 4.69) is 20.8 Å². The lowest BCUT2D eigenvalue weighted by Gasteiger charge is -2.23. The lowest BCUT2D eigenvalue weighted by molar-refractivity contribution is -0.122. The van der Waals surface area contributed by atoms with E-state index in [0.29, 0.717) is 28.8 Å². The van der Waals surface area contributed by atoms with Crippen molar-refractivity contribution in [3.8, 4) is 5.75 Å². The summed E-state index contributed by atoms with van der Waals surface area (Å²) in [5.74, 6) is 1.17. The van der Waals surface area contributed by atoms with Crippen molar-refractivity contribution in [1.29, 1.82) is 0 Å². The van der Waals surface area contributed by atoms with Crippen LogP contribution in [0.1, 0.15) is 18.3 Å². The Labute approximate surface area is 178 Å². The summed E-state index contributed by atoms with van der Waals surface area (Å²) in [4.78, 5) is 24.2. The van der Waals surface area contributed by atoms with E-state index in [1.54, 1.807) is 25.1 Å². The average molecular weight is 423 g/mol. The molecule has 2 heterocycles. The number of nitrogens with zero attached hydrogens (tertiary/aromatic N) is 3. The number of anilines is 2. The molecule has 1 aliphatic rings. The van der Waals surface area contributed by atoms with Crippen LogP contribution in [0.2, 0.25) is 0 Å². The van der Waals surface area contributed by atoms with E-state index < -0.39 is 6.10 Å². The molecule has 0 bridgehead atoms. The SMILES string of the molecule is Cc1nnc(SCC(=O)Nc2ccc3c(c2)NC(=O)C(C)O3)n1Cc1ccccc1. The van der Waals surface area contributed by atoms with Gasteiger partial charge in [0, 0.05) is 5.69 Å². The fourth-order valence-electron chi connectivity index (χ4n) is 3.03. The number of hydrogen-bond donors (Lipinski definition) is 2. The van der Waals surface area contributed by atoms with Gasteiger partial charge in [0.05, 0.1) is 18.0 Å². The van der Waals surface area contributed by atoms with Crippen LogP contribution < -0.4 is 15.4 Å². The van der Waals surface area contributed by atoms with Gasteiger partial charge in [-0.3, -0.25) is 9.59 Å². The molecular formula is C21H21N5O3S. The van der Waals surface area contributed by atoms with E-state index in [1.165, 1.54) is 11.8 Å². The van der Waals surface area contributed by atoms with Crippen molar-refractivity contribution in [2.45, 2.75) is 31.7 Å². The van der Waals surface area contributed by atoms with Crippen molar-refractivity contribution in [3.63, 3.8) is 0 Å². The number of amides is 2. The summed E-state index contributed by atoms with van der Waals surface area (Å²) < 4.78 is 7.51. The molecule has 1 unspecified atom stereocenters. The Morgan fingerprint density at radius 1 is 1.23 bits per heavy atom. The highest BCUT2D eigenvalue weighted by Gasteiger charge is 2.23. The Bertz CT molecular complexity index is 1080. The monoisotopic (exact) mass is 423 g/mol. The van der Waals surface area contributed by atoms with Crippen LogP contribution in [-0.2, 0) is 16.1 Å². The van der Waals surface area contributed by atoms with E-state index in [9.17, 15) is 9.59 Å². The van der Waals surface area contributed by atoms with E-state index in [-0.39, 0.29) is 17.6 Å². The van der Waals surface area contributed by atoms with Crippen LogP contribution in [0.5, 0.6) is 5.75 Å². The van der Waals surface area contributed by atoms with Gasteiger partial charge in [0.25, 0.3) is 5.91 Å². The number of hydrogen-bond acceptors (Lipinski definition) is 6. The zero-order valence-corrected chi connectivity index (χ0v) is 17.4. The third-order valence-corrected chi connectivity index (χ3v) is 5.58. The first-order valence-electron chi connectivity index (χ1n) is 9.47. The maximum absolute atomic E-state index is 12.4. The van der Waals surface area contributed by atoms with Gasteiger partial charge in [0.15, 0.2) is 11.3 Å². The van der Waals surface area contributed by atoms with Gasteiger partial charge in [-0.2, -0.15) is 0 Å². The molecule has 8 nitrogen and oxygen atoms in total. The Morgan fingerprint density at radius 2 is 2.03 bits per heavy atom. The van der Waals surface area contributed by atoms with E-state index in [4.69, 9.17) is 4.74 Å². The quantitative estimate of drug-likeness (QED) is 0.592. The molecule has 0 radical (unpaired) electrons. The predicted octanol–water partition coefficient (Wildman–Crippen LogP) is 3.09. The van der Waals surface area contributed by atoms with E-state index in [0.717, 1.165) is 11.4 Å². The maximum Gasteiger partial charge on any atom is 0.265 e. The molecule has 9 heteroatoms. The third kappa shape index (κ3) is 4.46. The second-order valence-corrected chi connectivity index (χ2v) is 7.84. The highest BCUT2D eigenvalue weighted by atomic mass is 32.2. The van der Waals surface area contributed by atoms with Crippen LogP contribution >= 0.6 is 11.8 Å². The predicted molar refractivity (Wildman–Crippen MR) is 115 cm³/mol. The second kappa shape index (κ2) is 8.58. The van der Waals surface area contributed by atoms with Gasteiger partial charge < -0.3 is 19.9 Å². The Balaban J connectivity index is 1.38. The summed E-state index contributed by atoms with van der Waals surface area (Å²) >= 11 is 1.33. The first-order chi connectivity index (χ1) is 14.5. The van der Waals surface area contributed by atoms with Gasteiger partial charge in [-0.15, -0.1) is 10.2 Å². The average Bonchev–Trinajstić information content (AvgIpc) is 3.08. The molecule has 1 aromatic heterocycles. The molecule has 1 aliphatic heterocycles. The number of benzene rings is 2. The number of thioether (sulfide) groups is 1. The highest BCUT2D eigenvalue weighted by Crippen LogP contribution is 2.32. The molecule has 0 fully saturated rings. The smallest absolute Gasteiger partial charge is 0.265 e. The molecular weight excluding hydrogens is 402 g/mol. The van der Waals surface area contributed by atoms with Crippen LogP contribution in [0.15, 0.2) is 53.7 Å². The largest absolute Gasteiger partial charge is 0.479 e. The summed E-state index contributed by atoms with van der Waals surface area (Å²) in [6.45, 7) is 4.22. The minimum atomic E-state index is -0.536. The normalized spacial score (nSPS) is 15.1. The fourth-order valence-corrected chi connectivity index (χ4v) is 3.81. The molecule has 1 atom stereocenters. The molecule has 2 aromatic carbocycles. The molecule has 154 valence electrons. The van der Waals surface area contributed by atoms with Gasteiger partial charge >= 0.3 is 0 Å². The number of carbonyl (C=O) groups is 2. The van der Waals surface area contributed by atoms with Crippen LogP contribution in [0, 0.1) is 6.92 Å². The standard InChI is InChI=1S/C21H21N5O3S/c1-13-20(28)23-17-10-16(8-9-18(17)29-13)22-19(27)12-30-21-25-24-14(2)26(21)11-15-6-4-3-5-7-15/h3-10,13H,11-12H2,1-2H3,(H,22,27)(H,23,28). The molecule has 4 rings (SSSR count). The Morgan fingerprint density at radius 3 is 2.83 bits per heavy atom. The topological polar surface area (TPSA) is 98.1 Å². The molecule has 30 heavy (non-hydrogen) atoms. The minimum Gasteiger partial charge on any atom is -0.479 e. The summed E-state index contributed by atoms with van der Waals surface area (Å²) in [7, 11) is 0. The summed E-state index contributed by atoms with van der Waals surface area (Å²) in [5.41, 5.74) is 2.26. The van der Waals surface area contributed by atoms with Crippen molar-refractivity contribution in [3.05, 3.63) is 59.9 Å². The number of ether oxygens (including phenoxy) is 1. The number of fused-ring (bicyclic) bond motifs is 1. The third-order valence-electron chi connectivity index (χ3n) is 4.61. The number of nitrogens with one attached hydrogen (secondary N) is 2. The summed E-state index contributed by atoms with van der Waals surface area (Å²) in [6, 6.07) is 15.2. The van der Waals surface area contributed by atoms with E-state index in [1.807, 2.05) is 41.8 Å². The van der Waals surface area contributed by atoms with Crippen molar-refractivity contribution in [1.82, 2.24) is 14.8 Å². The van der Waals surface area contributed by atoms with Crippen molar-refractivity contribution < 1.29 is 14.3 Å². The molecule has 0 aliphatic carbocycles. The number of carbonyl (C=O) groups excluding carboxylic acids is 2. The maximum atomic E-state index is 12.4. The van der Waals surface area contributed by atoms with Crippen LogP contribution in [0.3, 0.4) is 0 Å². The van der Waals surface area contributed by atoms with Crippen LogP contribution in [-0.4, -0.2) is 38.4 Å². The van der Waals surface area contributed by atoms with Crippen molar-refractivity contribution >= 4 is 35.0 Å². The van der Waals surface area contributed by atoms with E-state index >= 15 is 0 Å². The number of aryl methyl sites for hydroxylation is 1. The molecule has 0 spiro atoms. The van der Waals surface area contributed by atoms with Gasteiger partial charge in [-0.1, -0.05) is 42.1 Å². The van der Waals surface area contributed by atoms with Gasteiger partial charge in [-0.05, 0) is 37.6 Å². The molecule has 2 N–H and O–H groups in total. The number of rotatable bonds is 6. The first-order valence-corrected chi connectivity index (χ1v) is 10.5. The minimum absolute atomic E-state index is 0.178. The summed E-state index contributed by atoms with van der Waals surface area (Å²) in [6.07, 6.45) is -0.536. The fraction of sp³-hybridized carbons (Fsp3) is 0.238. The molecule has 0 saturated carbocycles. The Kier molecular flexibility index (Phi) is 5.71. The molecule has 0 saturated heterocycles. The first kappa shape index (κ1) is 20.0. The Hall–Kier alpha value is -3.33. The lowest BCUT2D eigenvalue weighted by atomic mass is 10.2. The van der Waals surface area contributed by atoms with Crippen LogP contribution in [0.4, 0.5) is 11.4 Å². The van der Waals surface area contributed by atoms with Gasteiger partial charge in [0.2, 0.25) is 5.91 Å². The number of aromatic nitrogens is 3. The highest BCUT2D eigenvalue weighted by molar-refractivity contribution is 7.99. The van der Waals surface area contributed by atoms with Crippen LogP contribution in [0.25, 0.3) is 0 Å². The van der Waals surface area contributed by atoms with Crippen molar-refractivity contribution in [2.24, 2.45) is 0 Å². The summed E-state index contributed by atoms with van der Waals surface area (Å²) in [5, 5.41) is 14.6. The van der Waals surface area contributed by atoms with Crippen molar-refractivity contribution in [2.75, 3.05) is 16.4 Å².